The number of rotatable bonds is 8. The smallest absolute Gasteiger partial charge is 0.406 e. The summed E-state index contributed by atoms with van der Waals surface area (Å²) in [5.74, 6) is 1.34. The fourth-order valence-corrected chi connectivity index (χ4v) is 5.92. The molecule has 0 radical (unpaired) electrons. The molecule has 2 heterocycles. The van der Waals surface area contributed by atoms with Crippen LogP contribution in [-0.4, -0.2) is 44.6 Å². The topological polar surface area (TPSA) is 84.6 Å². The van der Waals surface area contributed by atoms with Crippen LogP contribution < -0.4 is 15.0 Å². The molecule has 8 nitrogen and oxygen atoms in total. The summed E-state index contributed by atoms with van der Waals surface area (Å²) in [5, 5.41) is 8.21. The second kappa shape index (κ2) is 13.1. The van der Waals surface area contributed by atoms with Gasteiger partial charge in [-0.15, -0.1) is 18.3 Å². The Morgan fingerprint density at radius 1 is 1.09 bits per heavy atom. The highest BCUT2D eigenvalue weighted by Crippen LogP contribution is 2.34. The number of ether oxygens (including phenoxy) is 1. The van der Waals surface area contributed by atoms with E-state index < -0.39 is 6.36 Å². The maximum absolute atomic E-state index is 13.1. The highest BCUT2D eigenvalue weighted by molar-refractivity contribution is 8.14. The van der Waals surface area contributed by atoms with Crippen molar-refractivity contribution in [1.82, 2.24) is 20.1 Å². The molecule has 0 saturated carbocycles. The summed E-state index contributed by atoms with van der Waals surface area (Å²) in [4.78, 5) is 24.0. The van der Waals surface area contributed by atoms with Crippen molar-refractivity contribution in [2.45, 2.75) is 52.4 Å². The summed E-state index contributed by atoms with van der Waals surface area (Å²) in [6, 6.07) is 18.7. The number of aliphatic imine (C=N–C) groups is 1. The number of anilines is 1. The predicted molar refractivity (Wildman–Crippen MR) is 168 cm³/mol. The van der Waals surface area contributed by atoms with Crippen LogP contribution in [0.2, 0.25) is 0 Å². The van der Waals surface area contributed by atoms with Gasteiger partial charge in [0.2, 0.25) is 0 Å². The minimum Gasteiger partial charge on any atom is -0.406 e. The van der Waals surface area contributed by atoms with Crippen molar-refractivity contribution in [2.75, 3.05) is 17.2 Å². The Hall–Kier alpha value is -4.32. The molecule has 1 aliphatic heterocycles. The van der Waals surface area contributed by atoms with Gasteiger partial charge in [0.15, 0.2) is 11.0 Å². The first-order valence-corrected chi connectivity index (χ1v) is 15.3. The van der Waals surface area contributed by atoms with Gasteiger partial charge < -0.3 is 15.0 Å². The fourth-order valence-electron chi connectivity index (χ4n) is 4.97. The van der Waals surface area contributed by atoms with E-state index in [0.717, 1.165) is 34.7 Å². The van der Waals surface area contributed by atoms with Crippen molar-refractivity contribution >= 4 is 28.6 Å². The molecule has 230 valence electrons. The van der Waals surface area contributed by atoms with Gasteiger partial charge in [0, 0.05) is 23.5 Å². The zero-order chi connectivity index (χ0) is 31.4. The minimum atomic E-state index is -4.75. The lowest BCUT2D eigenvalue weighted by atomic mass is 9.99. The van der Waals surface area contributed by atoms with Crippen LogP contribution in [-0.2, 0) is 0 Å². The van der Waals surface area contributed by atoms with Gasteiger partial charge >= 0.3 is 12.4 Å². The molecule has 1 saturated heterocycles. The fraction of sp³-hybridized carbons (Fsp3) is 0.312. The number of carbonyl (C=O) groups excluding carboxylic acids is 1. The van der Waals surface area contributed by atoms with Gasteiger partial charge in [-0.1, -0.05) is 68.9 Å². The quantitative estimate of drug-likeness (QED) is 0.214. The standard InChI is InChI=1S/C32H33F3N6O2S/c1-5-27(37-30(42)38-31-40(16-17-44-31)28-18-21(4)6-15-26(28)20(2)3)22-7-9-23(10-8-22)29-36-19-41(39-29)24-11-13-25(14-12-24)43-32(33,34)35/h6-15,18-20,27H,5,16-17H2,1-4H3,(H,37,42). The molecule has 2 amide bonds. The Kier molecular flexibility index (Phi) is 9.28. The molecule has 1 aliphatic rings. The summed E-state index contributed by atoms with van der Waals surface area (Å²) < 4.78 is 42.7. The first-order valence-electron chi connectivity index (χ1n) is 14.3. The zero-order valence-corrected chi connectivity index (χ0v) is 25.6. The number of carbonyl (C=O) groups is 1. The van der Waals surface area contributed by atoms with Crippen molar-refractivity contribution in [3.8, 4) is 22.8 Å². The lowest BCUT2D eigenvalue weighted by Gasteiger charge is -2.24. The van der Waals surface area contributed by atoms with E-state index in [1.165, 1.54) is 40.8 Å². The van der Waals surface area contributed by atoms with Crippen molar-refractivity contribution < 1.29 is 22.7 Å². The maximum Gasteiger partial charge on any atom is 0.573 e. The van der Waals surface area contributed by atoms with E-state index in [0.29, 0.717) is 29.0 Å². The molecule has 1 atom stereocenters. The van der Waals surface area contributed by atoms with E-state index in [4.69, 9.17) is 0 Å². The number of benzene rings is 3. The minimum absolute atomic E-state index is 0.242. The number of hydrogen-bond donors (Lipinski definition) is 1. The number of amides is 2. The molecular weight excluding hydrogens is 589 g/mol. The third kappa shape index (κ3) is 7.42. The average Bonchev–Trinajstić information content (AvgIpc) is 3.66. The number of nitrogens with one attached hydrogen (secondary N) is 1. The largest absolute Gasteiger partial charge is 0.573 e. The number of thioether (sulfide) groups is 1. The molecule has 1 N–H and O–H groups in total. The van der Waals surface area contributed by atoms with Crippen LogP contribution in [0.25, 0.3) is 17.1 Å². The van der Waals surface area contributed by atoms with Gasteiger partial charge in [0.05, 0.1) is 11.7 Å². The second-order valence-electron chi connectivity index (χ2n) is 10.7. The molecule has 0 spiro atoms. The predicted octanol–water partition coefficient (Wildman–Crippen LogP) is 8.03. The molecule has 5 rings (SSSR count). The van der Waals surface area contributed by atoms with Crippen molar-refractivity contribution in [2.24, 2.45) is 4.99 Å². The second-order valence-corrected chi connectivity index (χ2v) is 11.8. The number of amidine groups is 1. The van der Waals surface area contributed by atoms with Crippen LogP contribution in [0.1, 0.15) is 55.8 Å². The number of halogens is 3. The number of nitrogens with zero attached hydrogens (tertiary/aromatic N) is 5. The molecule has 1 aromatic heterocycles. The molecule has 44 heavy (non-hydrogen) atoms. The van der Waals surface area contributed by atoms with Gasteiger partial charge in [0.25, 0.3) is 0 Å². The first-order chi connectivity index (χ1) is 21.0. The van der Waals surface area contributed by atoms with Crippen LogP contribution in [0.4, 0.5) is 23.7 Å². The summed E-state index contributed by atoms with van der Waals surface area (Å²) >= 11 is 1.58. The molecule has 0 aliphatic carbocycles. The zero-order valence-electron chi connectivity index (χ0n) is 24.8. The van der Waals surface area contributed by atoms with E-state index in [2.05, 4.69) is 69.0 Å². The number of aryl methyl sites for hydroxylation is 1. The SMILES string of the molecule is CCC(NC(=O)N=C1SCCN1c1cc(C)ccc1C(C)C)c1ccc(-c2ncn(-c3ccc(OC(F)(F)F)cc3)n2)cc1. The van der Waals surface area contributed by atoms with Crippen LogP contribution >= 0.6 is 11.8 Å². The number of urea groups is 1. The van der Waals surface area contributed by atoms with Crippen LogP contribution in [0.15, 0.2) is 78.0 Å². The van der Waals surface area contributed by atoms with Crippen molar-refractivity contribution in [1.29, 1.82) is 0 Å². The van der Waals surface area contributed by atoms with Crippen LogP contribution in [0.3, 0.4) is 0 Å². The van der Waals surface area contributed by atoms with E-state index in [1.54, 1.807) is 11.8 Å². The van der Waals surface area contributed by atoms with Gasteiger partial charge in [-0.3, -0.25) is 0 Å². The van der Waals surface area contributed by atoms with Crippen molar-refractivity contribution in [3.63, 3.8) is 0 Å². The number of hydrogen-bond acceptors (Lipinski definition) is 5. The van der Waals surface area contributed by atoms with Crippen LogP contribution in [0.5, 0.6) is 5.75 Å². The maximum atomic E-state index is 13.1. The molecule has 4 aromatic rings. The monoisotopic (exact) mass is 622 g/mol. The van der Waals surface area contributed by atoms with E-state index in [9.17, 15) is 18.0 Å². The third-order valence-corrected chi connectivity index (χ3v) is 8.13. The van der Waals surface area contributed by atoms with E-state index in [-0.39, 0.29) is 17.8 Å². The molecule has 0 bridgehead atoms. The molecule has 1 unspecified atom stereocenters. The van der Waals surface area contributed by atoms with Gasteiger partial charge in [-0.25, -0.2) is 14.5 Å². The molecule has 3 aromatic carbocycles. The number of alkyl halides is 3. The Bertz CT molecular complexity index is 1640. The third-order valence-electron chi connectivity index (χ3n) is 7.18. The molecule has 1 fully saturated rings. The highest BCUT2D eigenvalue weighted by atomic mass is 32.2. The van der Waals surface area contributed by atoms with E-state index >= 15 is 0 Å². The molecule has 12 heteroatoms. The van der Waals surface area contributed by atoms with Gasteiger partial charge in [-0.2, -0.15) is 4.99 Å². The first kappa shape index (κ1) is 31.1. The Labute approximate surface area is 258 Å². The Morgan fingerprint density at radius 2 is 1.82 bits per heavy atom. The normalized spacial score (nSPS) is 15.2. The number of aromatic nitrogens is 3. The molecular formula is C32H33F3N6O2S. The summed E-state index contributed by atoms with van der Waals surface area (Å²) in [6.07, 6.45) is -2.59. The lowest BCUT2D eigenvalue weighted by molar-refractivity contribution is -0.274. The average molecular weight is 623 g/mol. The summed E-state index contributed by atoms with van der Waals surface area (Å²) in [5.41, 5.74) is 5.69. The van der Waals surface area contributed by atoms with E-state index in [1.807, 2.05) is 31.2 Å². The van der Waals surface area contributed by atoms with Gasteiger partial charge in [0.1, 0.15) is 12.1 Å². The van der Waals surface area contributed by atoms with Crippen molar-refractivity contribution in [3.05, 3.63) is 89.7 Å². The Balaban J connectivity index is 1.26. The van der Waals surface area contributed by atoms with Gasteiger partial charge in [-0.05, 0) is 66.3 Å². The Morgan fingerprint density at radius 3 is 2.48 bits per heavy atom. The van der Waals surface area contributed by atoms with Crippen LogP contribution in [0, 0.1) is 6.92 Å². The summed E-state index contributed by atoms with van der Waals surface area (Å²) in [7, 11) is 0. The highest BCUT2D eigenvalue weighted by Gasteiger charge is 2.31. The summed E-state index contributed by atoms with van der Waals surface area (Å²) in [6.45, 7) is 9.19. The lowest BCUT2D eigenvalue weighted by Crippen LogP contribution is -2.30.